The number of sulfone groups is 1. The number of hydrogen-bond acceptors (Lipinski definition) is 3. The smallest absolute Gasteiger partial charge is 0.216 e. The van der Waals surface area contributed by atoms with Crippen molar-refractivity contribution < 1.29 is 8.42 Å². The van der Waals surface area contributed by atoms with Crippen molar-refractivity contribution in [2.24, 2.45) is 0 Å². The van der Waals surface area contributed by atoms with Crippen molar-refractivity contribution in [2.75, 3.05) is 0 Å². The first kappa shape index (κ1) is 11.5. The van der Waals surface area contributed by atoms with Gasteiger partial charge in [0.15, 0.2) is 0 Å². The Morgan fingerprint density at radius 2 is 1.93 bits per heavy atom. The number of benzene rings is 1. The van der Waals surface area contributed by atoms with Crippen LogP contribution in [-0.2, 0) is 9.84 Å². The molecule has 1 aromatic carbocycles. The van der Waals surface area contributed by atoms with Crippen LogP contribution in [0.1, 0.15) is 11.1 Å². The van der Waals surface area contributed by atoms with E-state index in [1.165, 1.54) is 6.07 Å². The number of nitrogens with zero attached hydrogens (tertiary/aromatic N) is 1. The molecule has 0 saturated heterocycles. The highest BCUT2D eigenvalue weighted by Crippen LogP contribution is 2.20. The van der Waals surface area contributed by atoms with Crippen LogP contribution in [0.25, 0.3) is 0 Å². The Kier molecular flexibility index (Phi) is 2.96. The third-order valence-electron chi connectivity index (χ3n) is 2.24. The monoisotopic (exact) mass is 221 g/mol. The molecule has 0 aliphatic heterocycles. The normalized spacial score (nSPS) is 10.7. The van der Waals surface area contributed by atoms with Crippen LogP contribution in [0.15, 0.2) is 34.6 Å². The van der Waals surface area contributed by atoms with E-state index in [1.54, 1.807) is 18.2 Å². The summed E-state index contributed by atoms with van der Waals surface area (Å²) in [4.78, 5) is -0.303. The minimum Gasteiger partial charge on any atom is -0.218 e. The van der Waals surface area contributed by atoms with Crippen LogP contribution in [0.2, 0.25) is 0 Å². The summed E-state index contributed by atoms with van der Waals surface area (Å²) >= 11 is 0. The molecule has 0 bridgehead atoms. The lowest BCUT2D eigenvalue weighted by Gasteiger charge is -2.04. The summed E-state index contributed by atoms with van der Waals surface area (Å²) in [7, 11) is -3.68. The number of rotatable bonds is 2. The fourth-order valence-electron chi connectivity index (χ4n) is 1.08. The Bertz CT molecular complexity index is 550. The Balaban J connectivity index is 3.37. The van der Waals surface area contributed by atoms with Crippen molar-refractivity contribution in [3.8, 4) is 6.07 Å². The Labute approximate surface area is 89.6 Å². The second-order valence-electron chi connectivity index (χ2n) is 3.28. The van der Waals surface area contributed by atoms with Gasteiger partial charge < -0.3 is 0 Å². The van der Waals surface area contributed by atoms with Gasteiger partial charge in [0, 0.05) is 0 Å². The molecule has 0 N–H and O–H groups in total. The SMILES string of the molecule is C=C(C#N)S(=O)(=O)c1ccc(C)c(C)c1. The average molecular weight is 221 g/mol. The molecule has 3 nitrogen and oxygen atoms in total. The standard InChI is InChI=1S/C11H11NO2S/c1-8-4-5-11(6-9(8)2)15(13,14)10(3)7-12/h4-6H,3H2,1-2H3. The summed E-state index contributed by atoms with van der Waals surface area (Å²) in [6.07, 6.45) is 0. The van der Waals surface area contributed by atoms with Gasteiger partial charge >= 0.3 is 0 Å². The zero-order valence-corrected chi connectivity index (χ0v) is 9.43. The van der Waals surface area contributed by atoms with Crippen molar-refractivity contribution in [3.63, 3.8) is 0 Å². The molecule has 4 heteroatoms. The topological polar surface area (TPSA) is 57.9 Å². The lowest BCUT2D eigenvalue weighted by Crippen LogP contribution is -2.03. The molecular formula is C11H11NO2S. The van der Waals surface area contributed by atoms with Gasteiger partial charge in [-0.05, 0) is 37.1 Å². The molecule has 0 fully saturated rings. The predicted molar refractivity (Wildman–Crippen MR) is 57.9 cm³/mol. The zero-order valence-electron chi connectivity index (χ0n) is 8.61. The highest BCUT2D eigenvalue weighted by molar-refractivity contribution is 7.95. The van der Waals surface area contributed by atoms with Gasteiger partial charge in [0.2, 0.25) is 9.84 Å². The lowest BCUT2D eigenvalue weighted by atomic mass is 10.1. The minimum atomic E-state index is -3.68. The molecule has 0 amide bonds. The highest BCUT2D eigenvalue weighted by atomic mass is 32.2. The van der Waals surface area contributed by atoms with Crippen LogP contribution in [-0.4, -0.2) is 8.42 Å². The van der Waals surface area contributed by atoms with Gasteiger partial charge in [0.05, 0.1) is 4.90 Å². The quantitative estimate of drug-likeness (QED) is 0.719. The van der Waals surface area contributed by atoms with Crippen LogP contribution in [0, 0.1) is 25.2 Å². The lowest BCUT2D eigenvalue weighted by molar-refractivity contribution is 0.603. The Morgan fingerprint density at radius 3 is 2.40 bits per heavy atom. The first-order valence-electron chi connectivity index (χ1n) is 4.31. The third kappa shape index (κ3) is 2.08. The molecule has 0 heterocycles. The number of nitriles is 1. The molecule has 15 heavy (non-hydrogen) atoms. The Hall–Kier alpha value is -1.60. The van der Waals surface area contributed by atoms with Crippen LogP contribution < -0.4 is 0 Å². The summed E-state index contributed by atoms with van der Waals surface area (Å²) in [6, 6.07) is 6.31. The van der Waals surface area contributed by atoms with Gasteiger partial charge in [0.25, 0.3) is 0 Å². The second-order valence-corrected chi connectivity index (χ2v) is 5.26. The molecule has 0 spiro atoms. The van der Waals surface area contributed by atoms with E-state index in [1.807, 2.05) is 13.8 Å². The van der Waals surface area contributed by atoms with Crippen molar-refractivity contribution in [1.29, 1.82) is 5.26 Å². The largest absolute Gasteiger partial charge is 0.218 e. The van der Waals surface area contributed by atoms with Crippen molar-refractivity contribution in [1.82, 2.24) is 0 Å². The summed E-state index contributed by atoms with van der Waals surface area (Å²) < 4.78 is 23.4. The molecule has 78 valence electrons. The zero-order chi connectivity index (χ0) is 11.6. The van der Waals surface area contributed by atoms with E-state index < -0.39 is 14.7 Å². The van der Waals surface area contributed by atoms with Crippen LogP contribution in [0.5, 0.6) is 0 Å². The first-order chi connectivity index (χ1) is 6.89. The number of allylic oxidation sites excluding steroid dienone is 1. The summed E-state index contributed by atoms with van der Waals surface area (Å²) in [5.74, 6) is 0. The van der Waals surface area contributed by atoms with Crippen LogP contribution >= 0.6 is 0 Å². The van der Waals surface area contributed by atoms with E-state index in [-0.39, 0.29) is 4.90 Å². The molecule has 0 atom stereocenters. The van der Waals surface area contributed by atoms with E-state index in [9.17, 15) is 8.42 Å². The maximum absolute atomic E-state index is 11.7. The third-order valence-corrected chi connectivity index (χ3v) is 3.85. The summed E-state index contributed by atoms with van der Waals surface area (Å²) in [5.41, 5.74) is 1.89. The first-order valence-corrected chi connectivity index (χ1v) is 5.79. The van der Waals surface area contributed by atoms with Gasteiger partial charge in [-0.25, -0.2) is 8.42 Å². The summed E-state index contributed by atoms with van der Waals surface area (Å²) in [6.45, 7) is 6.94. The van der Waals surface area contributed by atoms with Gasteiger partial charge in [-0.15, -0.1) is 0 Å². The maximum atomic E-state index is 11.7. The molecule has 1 aromatic rings. The molecule has 0 radical (unpaired) electrons. The Morgan fingerprint density at radius 1 is 1.33 bits per heavy atom. The molecule has 0 aliphatic carbocycles. The van der Waals surface area contributed by atoms with Crippen molar-refractivity contribution in [3.05, 3.63) is 40.8 Å². The second kappa shape index (κ2) is 3.87. The highest BCUT2D eigenvalue weighted by Gasteiger charge is 2.18. The number of hydrogen-bond donors (Lipinski definition) is 0. The number of aryl methyl sites for hydroxylation is 2. The molecule has 0 aliphatic rings. The van der Waals surface area contributed by atoms with E-state index in [2.05, 4.69) is 6.58 Å². The predicted octanol–water partition coefficient (Wildman–Crippen LogP) is 2.11. The molecule has 0 aromatic heterocycles. The van der Waals surface area contributed by atoms with Gasteiger partial charge in [-0.3, -0.25) is 0 Å². The molecule has 0 saturated carbocycles. The molecule has 0 unspecified atom stereocenters. The fourth-order valence-corrected chi connectivity index (χ4v) is 2.07. The van der Waals surface area contributed by atoms with Gasteiger partial charge in [-0.1, -0.05) is 12.6 Å². The maximum Gasteiger partial charge on any atom is 0.216 e. The van der Waals surface area contributed by atoms with E-state index >= 15 is 0 Å². The molecule has 1 rings (SSSR count). The van der Waals surface area contributed by atoms with E-state index in [0.717, 1.165) is 11.1 Å². The van der Waals surface area contributed by atoms with Crippen molar-refractivity contribution >= 4 is 9.84 Å². The fraction of sp³-hybridized carbons (Fsp3) is 0.182. The minimum absolute atomic E-state index is 0.122. The van der Waals surface area contributed by atoms with Gasteiger partial charge in [-0.2, -0.15) is 5.26 Å². The van der Waals surface area contributed by atoms with E-state index in [0.29, 0.717) is 0 Å². The summed E-state index contributed by atoms with van der Waals surface area (Å²) in [5, 5.41) is 8.53. The average Bonchev–Trinajstić information content (AvgIpc) is 2.20. The van der Waals surface area contributed by atoms with Gasteiger partial charge in [0.1, 0.15) is 11.0 Å². The molecular weight excluding hydrogens is 210 g/mol. The van der Waals surface area contributed by atoms with Crippen LogP contribution in [0.4, 0.5) is 0 Å². The van der Waals surface area contributed by atoms with Crippen molar-refractivity contribution in [2.45, 2.75) is 18.7 Å². The van der Waals surface area contributed by atoms with Crippen LogP contribution in [0.3, 0.4) is 0 Å². The van der Waals surface area contributed by atoms with E-state index in [4.69, 9.17) is 5.26 Å².